The Morgan fingerprint density at radius 3 is 1.75 bits per heavy atom. The summed E-state index contributed by atoms with van der Waals surface area (Å²) in [5, 5.41) is 13.8. The van der Waals surface area contributed by atoms with Crippen molar-refractivity contribution in [3.05, 3.63) is 215 Å². The molecule has 10 nitrogen and oxygen atoms in total. The molecular weight excluding hydrogens is 854 g/mol. The summed E-state index contributed by atoms with van der Waals surface area (Å²) in [5.41, 5.74) is 2.32. The van der Waals surface area contributed by atoms with E-state index in [1.165, 1.54) is 24.3 Å². The average Bonchev–Trinajstić information content (AvgIpc) is 3.94. The van der Waals surface area contributed by atoms with Crippen LogP contribution < -0.4 is 0 Å². The minimum atomic E-state index is -5.16. The number of ether oxygens (including phenoxy) is 2. The van der Waals surface area contributed by atoms with Crippen molar-refractivity contribution in [2.45, 2.75) is 69.0 Å². The van der Waals surface area contributed by atoms with Gasteiger partial charge in [0.1, 0.15) is 11.2 Å². The summed E-state index contributed by atoms with van der Waals surface area (Å²) in [6, 6.07) is 53.0. The molecule has 1 aliphatic carbocycles. The van der Waals surface area contributed by atoms with Gasteiger partial charge < -0.3 is 14.0 Å². The van der Waals surface area contributed by atoms with Crippen molar-refractivity contribution in [2.75, 3.05) is 7.11 Å². The van der Waals surface area contributed by atoms with Crippen molar-refractivity contribution in [3.8, 4) is 22.5 Å². The lowest BCUT2D eigenvalue weighted by atomic mass is 9.77. The number of esters is 1. The van der Waals surface area contributed by atoms with Crippen LogP contribution in [0.4, 0.5) is 13.2 Å². The predicted octanol–water partition coefficient (Wildman–Crippen LogP) is 11.1. The largest absolute Gasteiger partial charge is 0.452 e. The van der Waals surface area contributed by atoms with Crippen LogP contribution in [-0.2, 0) is 38.4 Å². The van der Waals surface area contributed by atoms with E-state index < -0.39 is 35.0 Å². The lowest BCUT2D eigenvalue weighted by Gasteiger charge is -2.36. The molecule has 0 amide bonds. The maximum absolute atomic E-state index is 15.0. The summed E-state index contributed by atoms with van der Waals surface area (Å²) in [6.07, 6.45) is -4.15. The number of fused-ring (bicyclic) bond motifs is 1. The highest BCUT2D eigenvalue weighted by Crippen LogP contribution is 2.46. The highest BCUT2D eigenvalue weighted by molar-refractivity contribution is 5.96. The van der Waals surface area contributed by atoms with Gasteiger partial charge in [0.15, 0.2) is 23.5 Å². The number of aryl methyl sites for hydroxylation is 1. The topological polar surface area (TPSA) is 114 Å². The smallest absolute Gasteiger partial charge is 0.432 e. The van der Waals surface area contributed by atoms with E-state index in [1.54, 1.807) is 17.6 Å². The predicted molar refractivity (Wildman–Crippen MR) is 247 cm³/mol. The third-order valence-corrected chi connectivity index (χ3v) is 12.6. The number of methoxy groups -OCH3 is 1. The van der Waals surface area contributed by atoms with Crippen LogP contribution in [0.15, 0.2) is 170 Å². The Kier molecular flexibility index (Phi) is 12.5. The first kappa shape index (κ1) is 44.7. The number of Topliss-reactive ketones (excluding diaryl/α,β-unsaturated/α-hetero) is 1. The number of halogens is 3. The van der Waals surface area contributed by atoms with Crippen molar-refractivity contribution in [1.29, 1.82) is 0 Å². The molecule has 6 aromatic carbocycles. The fraction of sp³-hybridized carbons (Fsp3) is 0.222. The lowest BCUT2D eigenvalue weighted by molar-refractivity contribution is -0.278. The standard InChI is InChI=1S/C54H47F3N6O4/c1-3-47(67-51(65)53(66-2,54(55,56)57)42-26-14-7-15-27-42)50-58-45-30-18-19-31-46(64)48(45)62(50)36-37-32-34-38(35-33-37)43-28-16-17-29-44(43)49-59-60-61-63(49)52(39-20-8-4-9-21-39,40-22-10-5-11-23-40)41-24-12-6-13-25-41/h4-17,20-29,32-35,47H,3,18-19,30-31,36H2,1-2H3/t47-,53+/m1/s1. The van der Waals surface area contributed by atoms with Crippen LogP contribution in [0.3, 0.4) is 0 Å². The normalized spacial score (nSPS) is 14.4. The second kappa shape index (κ2) is 18.8. The zero-order valence-electron chi connectivity index (χ0n) is 36.9. The summed E-state index contributed by atoms with van der Waals surface area (Å²) >= 11 is 0. The van der Waals surface area contributed by atoms with Gasteiger partial charge in [-0.2, -0.15) is 13.2 Å². The quantitative estimate of drug-likeness (QED) is 0.0602. The maximum Gasteiger partial charge on any atom is 0.432 e. The van der Waals surface area contributed by atoms with Gasteiger partial charge in [-0.05, 0) is 69.5 Å². The first-order valence-electron chi connectivity index (χ1n) is 22.3. The number of tetrazole rings is 1. The Hall–Kier alpha value is -7.51. The summed E-state index contributed by atoms with van der Waals surface area (Å²) < 4.78 is 59.3. The summed E-state index contributed by atoms with van der Waals surface area (Å²) in [7, 11) is 0.835. The molecule has 0 spiro atoms. The van der Waals surface area contributed by atoms with Gasteiger partial charge in [0, 0.05) is 31.2 Å². The van der Waals surface area contributed by atoms with Gasteiger partial charge in [-0.1, -0.05) is 177 Å². The van der Waals surface area contributed by atoms with Crippen molar-refractivity contribution in [2.24, 2.45) is 0 Å². The van der Waals surface area contributed by atoms with E-state index in [4.69, 9.17) is 24.8 Å². The average molecular weight is 901 g/mol. The van der Waals surface area contributed by atoms with Gasteiger partial charge >= 0.3 is 12.1 Å². The number of benzene rings is 6. The minimum Gasteiger partial charge on any atom is -0.452 e. The van der Waals surface area contributed by atoms with Crippen LogP contribution >= 0.6 is 0 Å². The first-order valence-corrected chi connectivity index (χ1v) is 22.3. The van der Waals surface area contributed by atoms with Gasteiger partial charge in [-0.3, -0.25) is 4.79 Å². The monoisotopic (exact) mass is 900 g/mol. The molecule has 0 saturated heterocycles. The van der Waals surface area contributed by atoms with Gasteiger partial charge in [0.05, 0.1) is 5.69 Å². The number of carbonyl (C=O) groups excluding carboxylic acids is 2. The third kappa shape index (κ3) is 8.03. The van der Waals surface area contributed by atoms with Crippen LogP contribution in [0, 0.1) is 0 Å². The van der Waals surface area contributed by atoms with Crippen LogP contribution in [0.5, 0.6) is 0 Å². The Balaban J connectivity index is 1.10. The van der Waals surface area contributed by atoms with Gasteiger partial charge in [-0.25, -0.2) is 14.5 Å². The molecule has 0 bridgehead atoms. The molecule has 0 saturated carbocycles. The van der Waals surface area contributed by atoms with Crippen LogP contribution in [0.2, 0.25) is 0 Å². The summed E-state index contributed by atoms with van der Waals surface area (Å²) in [5.74, 6) is -1.02. The molecule has 338 valence electrons. The van der Waals surface area contributed by atoms with E-state index in [2.05, 4.69) is 41.6 Å². The number of carbonyl (C=O) groups is 2. The number of ketones is 1. The fourth-order valence-electron chi connectivity index (χ4n) is 9.42. The van der Waals surface area contributed by atoms with Crippen molar-refractivity contribution in [1.82, 2.24) is 29.8 Å². The van der Waals surface area contributed by atoms with Gasteiger partial charge in [0.25, 0.3) is 5.60 Å². The number of imidazole rings is 1. The van der Waals surface area contributed by atoms with E-state index in [1.807, 2.05) is 108 Å². The Morgan fingerprint density at radius 2 is 1.21 bits per heavy atom. The van der Waals surface area contributed by atoms with Crippen molar-refractivity contribution >= 4 is 11.8 Å². The Morgan fingerprint density at radius 1 is 0.687 bits per heavy atom. The van der Waals surface area contributed by atoms with Gasteiger partial charge in [-0.15, -0.1) is 5.10 Å². The number of hydrogen-bond acceptors (Lipinski definition) is 8. The molecule has 0 radical (unpaired) electrons. The molecule has 2 atom stereocenters. The van der Waals surface area contributed by atoms with Gasteiger partial charge in [0.2, 0.25) is 0 Å². The molecule has 67 heavy (non-hydrogen) atoms. The summed E-state index contributed by atoms with van der Waals surface area (Å²) in [4.78, 5) is 32.5. The second-order valence-corrected chi connectivity index (χ2v) is 16.5. The molecule has 0 unspecified atom stereocenters. The SMILES string of the molecule is CC[C@@H](OC(=O)[C@@](OC)(c1ccccc1)C(F)(F)F)c1nc2c(n1Cc1ccc(-c3ccccc3-c3nnnn3C(c3ccccc3)(c3ccccc3)c3ccccc3)cc1)C(=O)CCCC2. The zero-order valence-corrected chi connectivity index (χ0v) is 36.9. The highest BCUT2D eigenvalue weighted by atomic mass is 19.4. The van der Waals surface area contributed by atoms with E-state index in [0.717, 1.165) is 46.1 Å². The number of aromatic nitrogens is 6. The van der Waals surface area contributed by atoms with Crippen LogP contribution in [0.1, 0.15) is 88.5 Å². The number of nitrogens with zero attached hydrogens (tertiary/aromatic N) is 6. The lowest BCUT2D eigenvalue weighted by Crippen LogP contribution is -2.52. The van der Waals surface area contributed by atoms with E-state index in [-0.39, 0.29) is 24.6 Å². The maximum atomic E-state index is 15.0. The molecule has 0 N–H and O–H groups in total. The van der Waals surface area contributed by atoms with Crippen LogP contribution in [0.25, 0.3) is 22.5 Å². The molecule has 2 aromatic heterocycles. The summed E-state index contributed by atoms with van der Waals surface area (Å²) in [6.45, 7) is 1.83. The number of hydrogen-bond donors (Lipinski definition) is 0. The molecule has 9 rings (SSSR count). The first-order chi connectivity index (χ1) is 32.6. The molecular formula is C54H47F3N6O4. The van der Waals surface area contributed by atoms with E-state index in [9.17, 15) is 22.8 Å². The molecule has 2 heterocycles. The third-order valence-electron chi connectivity index (χ3n) is 12.6. The Labute approximate surface area is 386 Å². The zero-order chi connectivity index (χ0) is 46.6. The molecule has 13 heteroatoms. The molecule has 0 fully saturated rings. The van der Waals surface area contributed by atoms with Crippen LogP contribution in [-0.4, -0.2) is 54.8 Å². The Bertz CT molecular complexity index is 2880. The van der Waals surface area contributed by atoms with E-state index in [0.29, 0.717) is 42.9 Å². The van der Waals surface area contributed by atoms with E-state index >= 15 is 0 Å². The highest BCUT2D eigenvalue weighted by Gasteiger charge is 2.64. The van der Waals surface area contributed by atoms with Crippen molar-refractivity contribution in [3.63, 3.8) is 0 Å². The molecule has 1 aliphatic rings. The molecule has 8 aromatic rings. The number of rotatable bonds is 14. The minimum absolute atomic E-state index is 0.0809. The fourth-order valence-corrected chi connectivity index (χ4v) is 9.42. The molecule has 0 aliphatic heterocycles. The second-order valence-electron chi connectivity index (χ2n) is 16.5. The number of alkyl halides is 3. The van der Waals surface area contributed by atoms with Crippen molar-refractivity contribution < 1.29 is 32.2 Å².